The number of aliphatic hydroxyl groups excluding tert-OH is 7. The number of nitrogens with one attached hydrogen (secondary N) is 1. The number of hydrogen-bond acceptors (Lipinski definition) is 11. The highest BCUT2D eigenvalue weighted by Gasteiger charge is 2.50. The van der Waals surface area contributed by atoms with Crippen LogP contribution in [0.4, 0.5) is 0 Å². The summed E-state index contributed by atoms with van der Waals surface area (Å²) < 4.78 is 15.8. The van der Waals surface area contributed by atoms with Crippen LogP contribution in [0.1, 0.15) is 6.92 Å². The Morgan fingerprint density at radius 1 is 0.923 bits per heavy atom. The van der Waals surface area contributed by atoms with Crippen LogP contribution >= 0.6 is 0 Å². The molecule has 0 radical (unpaired) electrons. The van der Waals surface area contributed by atoms with Crippen LogP contribution in [0.5, 0.6) is 0 Å². The Morgan fingerprint density at radius 2 is 1.54 bits per heavy atom. The minimum atomic E-state index is -1.75. The van der Waals surface area contributed by atoms with Crippen molar-refractivity contribution in [3.05, 3.63) is 0 Å². The molecule has 2 fully saturated rings. The number of hydrogen-bond donors (Lipinski definition) is 8. The molecule has 0 aromatic heterocycles. The van der Waals surface area contributed by atoms with Gasteiger partial charge in [0.1, 0.15) is 48.8 Å². The first-order valence-electron chi connectivity index (χ1n) is 8.06. The third-order valence-electron chi connectivity index (χ3n) is 4.38. The lowest BCUT2D eigenvalue weighted by molar-refractivity contribution is -0.341. The van der Waals surface area contributed by atoms with Crippen LogP contribution in [0.25, 0.3) is 0 Å². The molecule has 2 heterocycles. The van der Waals surface area contributed by atoms with Gasteiger partial charge in [0.15, 0.2) is 12.6 Å². The first-order valence-corrected chi connectivity index (χ1v) is 8.06. The average Bonchev–Trinajstić information content (AvgIpc) is 2.60. The topological polar surface area (TPSA) is 198 Å². The van der Waals surface area contributed by atoms with Crippen LogP contribution < -0.4 is 5.32 Å². The quantitative estimate of drug-likeness (QED) is 0.226. The Kier molecular flexibility index (Phi) is 7.27. The lowest BCUT2D eigenvalue weighted by Gasteiger charge is -2.46. The first-order chi connectivity index (χ1) is 12.2. The highest BCUT2D eigenvalue weighted by Crippen LogP contribution is 2.28. The zero-order chi connectivity index (χ0) is 19.6. The van der Waals surface area contributed by atoms with Crippen molar-refractivity contribution < 1.29 is 54.8 Å². The predicted molar refractivity (Wildman–Crippen MR) is 80.2 cm³/mol. The summed E-state index contributed by atoms with van der Waals surface area (Å²) in [4.78, 5) is 11.4. The van der Waals surface area contributed by atoms with Gasteiger partial charge in [0.05, 0.1) is 13.2 Å². The summed E-state index contributed by atoms with van der Waals surface area (Å²) in [6.07, 6.45) is -13.6. The van der Waals surface area contributed by atoms with Crippen molar-refractivity contribution >= 4 is 5.91 Å². The zero-order valence-electron chi connectivity index (χ0n) is 14.0. The smallest absolute Gasteiger partial charge is 0.217 e. The highest BCUT2D eigenvalue weighted by atomic mass is 16.7. The molecule has 10 atom stereocenters. The molecule has 0 bridgehead atoms. The van der Waals surface area contributed by atoms with Crippen molar-refractivity contribution in [2.75, 3.05) is 13.2 Å². The molecular formula is C14H25NO11. The van der Waals surface area contributed by atoms with E-state index in [2.05, 4.69) is 5.32 Å². The summed E-state index contributed by atoms with van der Waals surface area (Å²) in [6.45, 7) is -0.194. The maximum atomic E-state index is 11.4. The van der Waals surface area contributed by atoms with Crippen molar-refractivity contribution in [1.29, 1.82) is 0 Å². The molecule has 0 aliphatic carbocycles. The molecule has 1 amide bonds. The summed E-state index contributed by atoms with van der Waals surface area (Å²) in [5.74, 6) is -0.574. The van der Waals surface area contributed by atoms with Crippen LogP contribution in [0.2, 0.25) is 0 Å². The minimum absolute atomic E-state index is 0.574. The number of carbonyl (C=O) groups is 1. The molecule has 12 heteroatoms. The van der Waals surface area contributed by atoms with Gasteiger partial charge in [-0.1, -0.05) is 0 Å². The zero-order valence-corrected chi connectivity index (χ0v) is 14.0. The van der Waals surface area contributed by atoms with Crippen molar-refractivity contribution in [2.24, 2.45) is 0 Å². The Balaban J connectivity index is 2.22. The Hall–Kier alpha value is -0.930. The fourth-order valence-electron chi connectivity index (χ4n) is 2.98. The van der Waals surface area contributed by atoms with E-state index in [1.807, 2.05) is 0 Å². The average molecular weight is 383 g/mol. The lowest BCUT2D eigenvalue weighted by atomic mass is 9.95. The molecule has 2 saturated heterocycles. The molecule has 0 aromatic rings. The third kappa shape index (κ3) is 4.31. The highest BCUT2D eigenvalue weighted by molar-refractivity contribution is 5.73. The van der Waals surface area contributed by atoms with Gasteiger partial charge in [0.25, 0.3) is 0 Å². The summed E-state index contributed by atoms with van der Waals surface area (Å²) >= 11 is 0. The Morgan fingerprint density at radius 3 is 2.08 bits per heavy atom. The van der Waals surface area contributed by atoms with Gasteiger partial charge in [-0.25, -0.2) is 0 Å². The van der Waals surface area contributed by atoms with Crippen molar-refractivity contribution in [1.82, 2.24) is 5.32 Å². The largest absolute Gasteiger partial charge is 0.394 e. The van der Waals surface area contributed by atoms with Gasteiger partial charge in [-0.3, -0.25) is 4.79 Å². The summed E-state index contributed by atoms with van der Waals surface area (Å²) in [5.41, 5.74) is 0. The predicted octanol–water partition coefficient (Wildman–Crippen LogP) is -5.25. The van der Waals surface area contributed by atoms with E-state index in [-0.39, 0.29) is 0 Å². The molecule has 2 aliphatic rings. The molecule has 0 unspecified atom stereocenters. The van der Waals surface area contributed by atoms with Crippen LogP contribution in [0, 0.1) is 0 Å². The van der Waals surface area contributed by atoms with Crippen molar-refractivity contribution in [2.45, 2.75) is 68.3 Å². The van der Waals surface area contributed by atoms with Gasteiger partial charge in [-0.2, -0.15) is 0 Å². The summed E-state index contributed by atoms with van der Waals surface area (Å²) in [7, 11) is 0. The second-order valence-electron chi connectivity index (χ2n) is 6.26. The summed E-state index contributed by atoms with van der Waals surface area (Å²) in [6, 6.07) is -1.28. The monoisotopic (exact) mass is 383 g/mol. The molecule has 2 aliphatic heterocycles. The van der Waals surface area contributed by atoms with Gasteiger partial charge >= 0.3 is 0 Å². The standard InChI is InChI=1S/C14H25NO11/c1-4(18)15-7-9(20)8(19)5(2-16)25-14(7)26-12-6(3-17)24-13(23)11(22)10(12)21/h5-14,16-17,19-23H,2-3H2,1H3,(H,15,18)/t5-,6-,7-,8-,9-,10-,11-,12-,13-,14-/m1/s1. The molecule has 0 saturated carbocycles. The van der Waals surface area contributed by atoms with E-state index in [4.69, 9.17) is 14.2 Å². The second kappa shape index (κ2) is 8.84. The molecule has 0 spiro atoms. The third-order valence-corrected chi connectivity index (χ3v) is 4.38. The Labute approximate surface area is 148 Å². The lowest BCUT2D eigenvalue weighted by Crippen LogP contribution is -2.67. The molecular weight excluding hydrogens is 358 g/mol. The number of aliphatic hydroxyl groups is 7. The molecule has 26 heavy (non-hydrogen) atoms. The minimum Gasteiger partial charge on any atom is -0.394 e. The van der Waals surface area contributed by atoms with Gasteiger partial charge in [0, 0.05) is 6.92 Å². The fraction of sp³-hybridized carbons (Fsp3) is 0.929. The maximum Gasteiger partial charge on any atom is 0.217 e. The van der Waals surface area contributed by atoms with E-state index < -0.39 is 80.5 Å². The van der Waals surface area contributed by atoms with Crippen molar-refractivity contribution in [3.8, 4) is 0 Å². The van der Waals surface area contributed by atoms with Crippen LogP contribution in [0.15, 0.2) is 0 Å². The molecule has 0 aromatic carbocycles. The van der Waals surface area contributed by atoms with Crippen LogP contribution in [-0.4, -0.2) is 116 Å². The number of carbonyl (C=O) groups excluding carboxylic acids is 1. The second-order valence-corrected chi connectivity index (χ2v) is 6.26. The first kappa shape index (κ1) is 21.4. The normalized spacial score (nSPS) is 46.8. The van der Waals surface area contributed by atoms with Crippen LogP contribution in [0.3, 0.4) is 0 Å². The number of amides is 1. The van der Waals surface area contributed by atoms with Crippen LogP contribution in [-0.2, 0) is 19.0 Å². The molecule has 8 N–H and O–H groups in total. The van der Waals surface area contributed by atoms with Gasteiger partial charge in [-0.05, 0) is 0 Å². The van der Waals surface area contributed by atoms with E-state index in [1.54, 1.807) is 0 Å². The Bertz CT molecular complexity index is 478. The molecule has 2 rings (SSSR count). The van der Waals surface area contributed by atoms with Gasteiger partial charge in [-0.15, -0.1) is 0 Å². The summed E-state index contributed by atoms with van der Waals surface area (Å²) in [5, 5.41) is 70.5. The van der Waals surface area contributed by atoms with E-state index in [1.165, 1.54) is 0 Å². The van der Waals surface area contributed by atoms with Crippen molar-refractivity contribution in [3.63, 3.8) is 0 Å². The van der Waals surface area contributed by atoms with Gasteiger partial charge < -0.3 is 55.3 Å². The molecule has 12 nitrogen and oxygen atoms in total. The maximum absolute atomic E-state index is 11.4. The number of ether oxygens (including phenoxy) is 3. The molecule has 152 valence electrons. The van der Waals surface area contributed by atoms with E-state index in [9.17, 15) is 40.5 Å². The number of rotatable bonds is 5. The SMILES string of the molecule is CC(=O)N[C@H]1[C@@H](O[C@H]2[C@H](O)[C@@H](O)[C@H](O)O[C@@H]2CO)O[C@H](CO)[C@@H](O)[C@@H]1O. The fourth-order valence-corrected chi connectivity index (χ4v) is 2.98. The van der Waals surface area contributed by atoms with Gasteiger partial charge in [0.2, 0.25) is 5.91 Å². The van der Waals surface area contributed by atoms with E-state index >= 15 is 0 Å². The van der Waals surface area contributed by atoms with E-state index in [0.29, 0.717) is 0 Å². The van der Waals surface area contributed by atoms with E-state index in [0.717, 1.165) is 6.92 Å².